The molecule has 0 saturated carbocycles. The van der Waals surface area contributed by atoms with Gasteiger partial charge in [0.1, 0.15) is 5.60 Å². The summed E-state index contributed by atoms with van der Waals surface area (Å²) in [5.74, 6) is 0. The van der Waals surface area contributed by atoms with Crippen molar-refractivity contribution in [3.8, 4) is 0 Å². The molecule has 0 bridgehead atoms. The van der Waals surface area contributed by atoms with Gasteiger partial charge in [0.2, 0.25) is 0 Å². The van der Waals surface area contributed by atoms with Crippen LogP contribution in [0, 0.1) is 0 Å². The summed E-state index contributed by atoms with van der Waals surface area (Å²) in [6.07, 6.45) is 0.308. The minimum atomic E-state index is -0.495. The lowest BCUT2D eigenvalue weighted by atomic mass is 10.1. The molecule has 0 radical (unpaired) electrons. The number of carbonyl (C=O) groups excluding carboxylic acids is 1. The lowest BCUT2D eigenvalue weighted by Crippen LogP contribution is -2.46. The van der Waals surface area contributed by atoms with E-state index in [2.05, 4.69) is 10.9 Å². The highest BCUT2D eigenvalue weighted by molar-refractivity contribution is 6.30. The van der Waals surface area contributed by atoms with Crippen molar-refractivity contribution in [1.82, 2.24) is 10.9 Å². The van der Waals surface area contributed by atoms with Gasteiger partial charge in [-0.25, -0.2) is 10.2 Å². The first-order valence-electron chi connectivity index (χ1n) is 6.25. The molecule has 0 fully saturated rings. The zero-order valence-corrected chi connectivity index (χ0v) is 12.5. The molecule has 1 unspecified atom stereocenters. The van der Waals surface area contributed by atoms with Crippen molar-refractivity contribution in [2.45, 2.75) is 45.8 Å². The molecule has 0 aromatic heterocycles. The molecule has 4 nitrogen and oxygen atoms in total. The van der Waals surface area contributed by atoms with Gasteiger partial charge in [-0.05, 0) is 51.8 Å². The zero-order chi connectivity index (χ0) is 14.5. The van der Waals surface area contributed by atoms with Gasteiger partial charge in [-0.3, -0.25) is 5.43 Å². The number of hydrazine groups is 1. The first kappa shape index (κ1) is 15.8. The van der Waals surface area contributed by atoms with Crippen molar-refractivity contribution in [1.29, 1.82) is 0 Å². The summed E-state index contributed by atoms with van der Waals surface area (Å²) in [6, 6.07) is 7.73. The molecule has 1 atom stereocenters. The van der Waals surface area contributed by atoms with E-state index in [-0.39, 0.29) is 6.04 Å². The number of ether oxygens (including phenoxy) is 1. The van der Waals surface area contributed by atoms with Crippen molar-refractivity contribution in [2.75, 3.05) is 0 Å². The van der Waals surface area contributed by atoms with Crippen molar-refractivity contribution in [3.05, 3.63) is 34.9 Å². The van der Waals surface area contributed by atoms with Crippen molar-refractivity contribution >= 4 is 17.7 Å². The van der Waals surface area contributed by atoms with E-state index < -0.39 is 11.7 Å². The number of hydrogen-bond donors (Lipinski definition) is 2. The minimum absolute atomic E-state index is 0.0914. The van der Waals surface area contributed by atoms with Gasteiger partial charge in [-0.2, -0.15) is 0 Å². The van der Waals surface area contributed by atoms with Crippen LogP contribution >= 0.6 is 11.6 Å². The van der Waals surface area contributed by atoms with Crippen LogP contribution in [0.3, 0.4) is 0 Å². The van der Waals surface area contributed by atoms with Crippen LogP contribution in [0.15, 0.2) is 24.3 Å². The smallest absolute Gasteiger partial charge is 0.422 e. The average Bonchev–Trinajstić information content (AvgIpc) is 2.27. The van der Waals surface area contributed by atoms with Crippen molar-refractivity contribution < 1.29 is 9.53 Å². The van der Waals surface area contributed by atoms with Gasteiger partial charge >= 0.3 is 6.09 Å². The quantitative estimate of drug-likeness (QED) is 0.834. The van der Waals surface area contributed by atoms with Crippen LogP contribution in [0.1, 0.15) is 33.3 Å². The van der Waals surface area contributed by atoms with E-state index in [4.69, 9.17) is 16.3 Å². The van der Waals surface area contributed by atoms with E-state index in [1.807, 2.05) is 52.0 Å². The van der Waals surface area contributed by atoms with E-state index >= 15 is 0 Å². The van der Waals surface area contributed by atoms with Crippen molar-refractivity contribution in [2.24, 2.45) is 0 Å². The van der Waals surface area contributed by atoms with Gasteiger partial charge in [-0.1, -0.05) is 23.7 Å². The Balaban J connectivity index is 2.33. The summed E-state index contributed by atoms with van der Waals surface area (Å²) < 4.78 is 5.12. The summed E-state index contributed by atoms with van der Waals surface area (Å²) in [5.41, 5.74) is 6.10. The molecule has 1 aromatic rings. The summed E-state index contributed by atoms with van der Waals surface area (Å²) in [5, 5.41) is 0.719. The molecule has 0 aliphatic rings. The Hall–Kier alpha value is -1.26. The Bertz CT molecular complexity index is 412. The predicted molar refractivity (Wildman–Crippen MR) is 77.1 cm³/mol. The van der Waals surface area contributed by atoms with E-state index in [0.29, 0.717) is 0 Å². The molecule has 0 heterocycles. The third-order valence-electron chi connectivity index (χ3n) is 2.27. The fourth-order valence-electron chi connectivity index (χ4n) is 1.51. The van der Waals surface area contributed by atoms with E-state index in [1.165, 1.54) is 0 Å². The van der Waals surface area contributed by atoms with Crippen LogP contribution in [-0.2, 0) is 11.2 Å². The van der Waals surface area contributed by atoms with Gasteiger partial charge in [0, 0.05) is 11.1 Å². The second kappa shape index (κ2) is 6.78. The van der Waals surface area contributed by atoms with Gasteiger partial charge in [-0.15, -0.1) is 0 Å². The van der Waals surface area contributed by atoms with Crippen LogP contribution in [0.25, 0.3) is 0 Å². The molecular formula is C14H21ClN2O2. The van der Waals surface area contributed by atoms with Gasteiger partial charge in [0.15, 0.2) is 0 Å². The van der Waals surface area contributed by atoms with Crippen LogP contribution in [0.4, 0.5) is 4.79 Å². The zero-order valence-electron chi connectivity index (χ0n) is 11.8. The molecule has 2 N–H and O–H groups in total. The van der Waals surface area contributed by atoms with Crippen LogP contribution in [-0.4, -0.2) is 17.7 Å². The second-order valence-electron chi connectivity index (χ2n) is 5.50. The third kappa shape index (κ3) is 7.03. The Morgan fingerprint density at radius 2 is 1.89 bits per heavy atom. The average molecular weight is 285 g/mol. The monoisotopic (exact) mass is 284 g/mol. The second-order valence-corrected chi connectivity index (χ2v) is 5.94. The van der Waals surface area contributed by atoms with E-state index in [9.17, 15) is 4.79 Å². The molecule has 1 aromatic carbocycles. The first-order valence-corrected chi connectivity index (χ1v) is 6.63. The number of halogens is 1. The lowest BCUT2D eigenvalue weighted by Gasteiger charge is -2.21. The minimum Gasteiger partial charge on any atom is -0.443 e. The van der Waals surface area contributed by atoms with Crippen LogP contribution in [0.2, 0.25) is 5.02 Å². The number of hydrogen-bond acceptors (Lipinski definition) is 3. The molecule has 106 valence electrons. The maximum atomic E-state index is 11.4. The van der Waals surface area contributed by atoms with Gasteiger partial charge in [0.05, 0.1) is 0 Å². The maximum Gasteiger partial charge on any atom is 0.422 e. The summed E-state index contributed by atoms with van der Waals surface area (Å²) in [4.78, 5) is 11.4. The fraction of sp³-hybridized carbons (Fsp3) is 0.500. The van der Waals surface area contributed by atoms with Crippen molar-refractivity contribution in [3.63, 3.8) is 0 Å². The number of benzene rings is 1. The highest BCUT2D eigenvalue weighted by Crippen LogP contribution is 2.11. The SMILES string of the molecule is CC(Cc1ccc(Cl)cc1)NNC(=O)OC(C)(C)C. The number of carbonyl (C=O) groups is 1. The summed E-state index contributed by atoms with van der Waals surface area (Å²) in [6.45, 7) is 7.45. The molecule has 1 amide bonds. The Morgan fingerprint density at radius 3 is 2.42 bits per heavy atom. The maximum absolute atomic E-state index is 11.4. The summed E-state index contributed by atoms with van der Waals surface area (Å²) >= 11 is 5.82. The molecule has 0 aliphatic heterocycles. The molecule has 0 spiro atoms. The van der Waals surface area contributed by atoms with Crippen LogP contribution in [0.5, 0.6) is 0 Å². The Morgan fingerprint density at radius 1 is 1.32 bits per heavy atom. The van der Waals surface area contributed by atoms with E-state index in [1.54, 1.807) is 0 Å². The normalized spacial score (nSPS) is 12.9. The van der Waals surface area contributed by atoms with Gasteiger partial charge < -0.3 is 4.74 Å². The summed E-state index contributed by atoms with van der Waals surface area (Å²) in [7, 11) is 0. The number of amides is 1. The molecule has 19 heavy (non-hydrogen) atoms. The molecule has 0 saturated heterocycles. The van der Waals surface area contributed by atoms with E-state index in [0.717, 1.165) is 17.0 Å². The Labute approximate surface area is 119 Å². The fourth-order valence-corrected chi connectivity index (χ4v) is 1.64. The van der Waals surface area contributed by atoms with Crippen LogP contribution < -0.4 is 10.9 Å². The predicted octanol–water partition coefficient (Wildman–Crippen LogP) is 3.30. The molecule has 5 heteroatoms. The molecule has 1 rings (SSSR count). The lowest BCUT2D eigenvalue weighted by molar-refractivity contribution is 0.0489. The highest BCUT2D eigenvalue weighted by Gasteiger charge is 2.16. The Kier molecular flexibility index (Phi) is 5.63. The first-order chi connectivity index (χ1) is 8.76. The third-order valence-corrected chi connectivity index (χ3v) is 2.53. The number of nitrogens with one attached hydrogen (secondary N) is 2. The molecule has 0 aliphatic carbocycles. The topological polar surface area (TPSA) is 50.4 Å². The largest absolute Gasteiger partial charge is 0.443 e. The number of rotatable bonds is 4. The standard InChI is InChI=1S/C14H21ClN2O2/c1-10(9-11-5-7-12(15)8-6-11)16-17-13(18)19-14(2,3)4/h5-8,10,16H,9H2,1-4H3,(H,17,18). The highest BCUT2D eigenvalue weighted by atomic mass is 35.5. The molecular weight excluding hydrogens is 264 g/mol. The van der Waals surface area contributed by atoms with Gasteiger partial charge in [0.25, 0.3) is 0 Å².